The molecule has 4 aromatic carbocycles. The van der Waals surface area contributed by atoms with Gasteiger partial charge in [0.25, 0.3) is 0 Å². The monoisotopic (exact) mass is 800 g/mol. The predicted octanol–water partition coefficient (Wildman–Crippen LogP) is 4.29. The molecule has 300 valence electrons. The zero-order chi connectivity index (χ0) is 42.6. The van der Waals surface area contributed by atoms with Crippen molar-refractivity contribution in [2.24, 2.45) is 0 Å². The van der Waals surface area contributed by atoms with Gasteiger partial charge in [-0.25, -0.2) is 0 Å². The van der Waals surface area contributed by atoms with E-state index in [1.54, 1.807) is 14.2 Å². The number of allylic oxidation sites excluding steroid dienone is 16. The smallest absolute Gasteiger partial charge is 0.196 e. The van der Waals surface area contributed by atoms with Gasteiger partial charge in [0.15, 0.2) is 11.4 Å². The molecule has 2 aliphatic heterocycles. The first-order valence-corrected chi connectivity index (χ1v) is 18.6. The number of halogens is 1. The largest absolute Gasteiger partial charge is 0.867 e. The highest BCUT2D eigenvalue weighted by atomic mass is 19.1. The number of rotatable bonds is 6. The lowest BCUT2D eigenvalue weighted by atomic mass is 9.98. The lowest BCUT2D eigenvalue weighted by Gasteiger charge is -2.20. The van der Waals surface area contributed by atoms with Crippen molar-refractivity contribution in [2.75, 3.05) is 25.7 Å². The van der Waals surface area contributed by atoms with Crippen LogP contribution in [0.2, 0.25) is 0 Å². The SMILES string of the molecule is COc1ccc(C2=CC(=C3C=CC(=[NH2+])C=C3)OC(c3ccc(N)cc3)=C2)cc1.COc1ccc(C2=CC(=C3C=CC(=[NH2+])C=C3)OC(c3ccc(N)cc3)=C2)cc1.[O-]B([O-])F. The van der Waals surface area contributed by atoms with Gasteiger partial charge in [-0.05, 0) is 144 Å². The van der Waals surface area contributed by atoms with Crippen LogP contribution in [0.4, 0.5) is 15.7 Å². The molecule has 0 spiro atoms. The Kier molecular flexibility index (Phi) is 13.7. The van der Waals surface area contributed by atoms with Crippen LogP contribution in [0.25, 0.3) is 22.7 Å². The van der Waals surface area contributed by atoms with Crippen molar-refractivity contribution in [2.45, 2.75) is 0 Å². The van der Waals surface area contributed by atoms with E-state index in [2.05, 4.69) is 0 Å². The molecular weight excluding hydrogens is 758 g/mol. The van der Waals surface area contributed by atoms with Crippen molar-refractivity contribution >= 4 is 52.9 Å². The van der Waals surface area contributed by atoms with Gasteiger partial charge in [0.1, 0.15) is 41.9 Å². The zero-order valence-electron chi connectivity index (χ0n) is 32.9. The number of hydrogen-bond acceptors (Lipinski definition) is 8. The summed E-state index contributed by atoms with van der Waals surface area (Å²) >= 11 is 0. The van der Waals surface area contributed by atoms with E-state index in [0.717, 1.165) is 79.1 Å². The van der Waals surface area contributed by atoms with Crippen LogP contribution in [0.5, 0.6) is 11.5 Å². The summed E-state index contributed by atoms with van der Waals surface area (Å²) in [5, 5.41) is 28.3. The summed E-state index contributed by atoms with van der Waals surface area (Å²) < 4.78 is 32.9. The third-order valence-corrected chi connectivity index (χ3v) is 9.21. The van der Waals surface area contributed by atoms with Crippen LogP contribution in [-0.2, 0) is 9.47 Å². The topological polar surface area (TPSA) is 186 Å². The van der Waals surface area contributed by atoms with E-state index in [4.69, 9.17) is 51.3 Å². The maximum absolute atomic E-state index is 9.89. The number of nitrogens with two attached hydrogens (primary N) is 4. The lowest BCUT2D eigenvalue weighted by Crippen LogP contribution is -2.39. The maximum atomic E-state index is 9.89. The van der Waals surface area contributed by atoms with Gasteiger partial charge in [-0.15, -0.1) is 0 Å². The Labute approximate surface area is 348 Å². The Hall–Kier alpha value is -7.67. The fourth-order valence-corrected chi connectivity index (χ4v) is 6.06. The molecule has 8 rings (SSSR count). The quantitative estimate of drug-likeness (QED) is 0.164. The Balaban J connectivity index is 0.000000185. The number of ether oxygens (including phenoxy) is 4. The van der Waals surface area contributed by atoms with Crippen LogP contribution in [0.1, 0.15) is 22.3 Å². The van der Waals surface area contributed by atoms with E-state index in [0.29, 0.717) is 22.8 Å². The molecular formula is C48H42BFN4O6. The van der Waals surface area contributed by atoms with Gasteiger partial charge in [0, 0.05) is 58.0 Å². The second-order valence-electron chi connectivity index (χ2n) is 13.4. The highest BCUT2D eigenvalue weighted by molar-refractivity contribution is 6.27. The molecule has 0 saturated carbocycles. The van der Waals surface area contributed by atoms with Crippen molar-refractivity contribution in [3.8, 4) is 11.5 Å². The van der Waals surface area contributed by atoms with E-state index in [-0.39, 0.29) is 0 Å². The third kappa shape index (κ3) is 11.3. The Morgan fingerprint density at radius 3 is 1.08 bits per heavy atom. The Morgan fingerprint density at radius 2 is 0.783 bits per heavy atom. The van der Waals surface area contributed by atoms with Gasteiger partial charge in [-0.1, -0.05) is 24.3 Å². The molecule has 60 heavy (non-hydrogen) atoms. The molecule has 0 radical (unpaired) electrons. The summed E-state index contributed by atoms with van der Waals surface area (Å²) in [7, 11) is 0.156. The summed E-state index contributed by atoms with van der Waals surface area (Å²) in [6.45, 7) is 0. The predicted molar refractivity (Wildman–Crippen MR) is 233 cm³/mol. The molecule has 8 N–H and O–H groups in total. The first kappa shape index (κ1) is 42.0. The standard InChI is InChI=1S/2C24H20N2O2.BFO2/c2*1-27-22-12-6-16(7-13-22)19-14-23(17-2-8-20(25)9-3-17)28-24(15-19)18-4-10-21(26)11-5-18;2-1(3)4/h2*2-15,25H,26H2,1H3;/q;;-2/p+2. The molecule has 4 aliphatic rings. The summed E-state index contributed by atoms with van der Waals surface area (Å²) in [5.41, 5.74) is 22.6. The molecule has 10 nitrogen and oxygen atoms in total. The average molecular weight is 801 g/mol. The zero-order valence-corrected chi connectivity index (χ0v) is 32.9. The minimum atomic E-state index is -3.17. The van der Waals surface area contributed by atoms with Gasteiger partial charge in [-0.3, -0.25) is 10.8 Å². The van der Waals surface area contributed by atoms with Crippen LogP contribution >= 0.6 is 0 Å². The van der Waals surface area contributed by atoms with E-state index in [1.165, 1.54) is 0 Å². The molecule has 0 atom stereocenters. The number of anilines is 2. The Morgan fingerprint density at radius 1 is 0.483 bits per heavy atom. The minimum absolute atomic E-state index is 0.716. The molecule has 2 aliphatic carbocycles. The highest BCUT2D eigenvalue weighted by Gasteiger charge is 2.19. The highest BCUT2D eigenvalue weighted by Crippen LogP contribution is 2.36. The molecule has 0 fully saturated rings. The van der Waals surface area contributed by atoms with Gasteiger partial charge in [0.2, 0.25) is 0 Å². The van der Waals surface area contributed by atoms with Crippen LogP contribution in [0.3, 0.4) is 0 Å². The fourth-order valence-electron chi connectivity index (χ4n) is 6.06. The summed E-state index contributed by atoms with van der Waals surface area (Å²) in [6, 6.07) is 31.2. The number of hydrogen-bond donors (Lipinski definition) is 4. The van der Waals surface area contributed by atoms with Gasteiger partial charge in [0.05, 0.1) is 14.2 Å². The molecule has 0 bridgehead atoms. The second kappa shape index (κ2) is 19.7. The second-order valence-corrected chi connectivity index (χ2v) is 13.4. The summed E-state index contributed by atoms with van der Waals surface area (Å²) in [5.74, 6) is 4.70. The average Bonchev–Trinajstić information content (AvgIpc) is 3.27. The molecule has 2 heterocycles. The van der Waals surface area contributed by atoms with Crippen molar-refractivity contribution in [3.05, 3.63) is 215 Å². The van der Waals surface area contributed by atoms with Gasteiger partial charge in [-0.2, -0.15) is 0 Å². The molecule has 12 heteroatoms. The third-order valence-electron chi connectivity index (χ3n) is 9.21. The summed E-state index contributed by atoms with van der Waals surface area (Å²) in [4.78, 5) is 0. The van der Waals surface area contributed by atoms with E-state index in [1.807, 2.05) is 170 Å². The van der Waals surface area contributed by atoms with Crippen LogP contribution in [0, 0.1) is 0 Å². The molecule has 0 amide bonds. The normalized spacial score (nSPS) is 15.2. The van der Waals surface area contributed by atoms with E-state index >= 15 is 0 Å². The van der Waals surface area contributed by atoms with Crippen LogP contribution in [0.15, 0.2) is 193 Å². The number of benzene rings is 4. The van der Waals surface area contributed by atoms with Crippen LogP contribution < -0.4 is 41.8 Å². The van der Waals surface area contributed by atoms with Crippen molar-refractivity contribution < 1.29 is 44.1 Å². The lowest BCUT2D eigenvalue weighted by molar-refractivity contribution is -0.366. The van der Waals surface area contributed by atoms with Gasteiger partial charge >= 0.3 is 0 Å². The fraction of sp³-hybridized carbons (Fsp3) is 0.0417. The first-order chi connectivity index (χ1) is 29.0. The van der Waals surface area contributed by atoms with Gasteiger partial charge < -0.3 is 44.8 Å². The molecule has 0 saturated heterocycles. The minimum Gasteiger partial charge on any atom is -0.867 e. The van der Waals surface area contributed by atoms with E-state index in [9.17, 15) is 4.32 Å². The van der Waals surface area contributed by atoms with E-state index < -0.39 is 7.40 Å². The molecule has 0 aromatic heterocycles. The number of methoxy groups -OCH3 is 2. The summed E-state index contributed by atoms with van der Waals surface area (Å²) in [6.07, 6.45) is 23.4. The Bertz CT molecular complexity index is 2340. The van der Waals surface area contributed by atoms with Crippen molar-refractivity contribution in [3.63, 3.8) is 0 Å². The molecule has 4 aromatic rings. The number of nitrogen functional groups attached to an aromatic ring is 2. The molecule has 0 unspecified atom stereocenters. The van der Waals surface area contributed by atoms with Crippen LogP contribution in [-0.4, -0.2) is 33.0 Å². The maximum Gasteiger partial charge on any atom is 0.196 e. The van der Waals surface area contributed by atoms with Crippen molar-refractivity contribution in [1.82, 2.24) is 0 Å². The first-order valence-electron chi connectivity index (χ1n) is 18.6. The van der Waals surface area contributed by atoms with Crippen molar-refractivity contribution in [1.29, 1.82) is 0 Å².